The van der Waals surface area contributed by atoms with Crippen LogP contribution >= 0.6 is 0 Å². The Morgan fingerprint density at radius 2 is 1.46 bits per heavy atom. The van der Waals surface area contributed by atoms with Crippen molar-refractivity contribution in [3.05, 3.63) is 131 Å². The van der Waals surface area contributed by atoms with Crippen LogP contribution in [0.5, 0.6) is 5.75 Å². The van der Waals surface area contributed by atoms with Crippen LogP contribution in [-0.2, 0) is 25.6 Å². The highest BCUT2D eigenvalue weighted by atomic mass is 16.5. The zero-order valence-electron chi connectivity index (χ0n) is 25.4. The van der Waals surface area contributed by atoms with Gasteiger partial charge >= 0.3 is 0 Å². The predicted octanol–water partition coefficient (Wildman–Crippen LogP) is 3.36. The van der Waals surface area contributed by atoms with Crippen LogP contribution in [0.4, 0.5) is 5.69 Å². The third-order valence-corrected chi connectivity index (χ3v) is 7.61. The number of ether oxygens (including phenoxy) is 1. The SMILES string of the molecule is CNC(=O)CN1C(=O)[C@@H](NC(=O)[C@H](C)NC(=O)Cc2cccc(C(=O)c3ccccc3)c2)[C@@H](c2ccccc2)Oc2ccccc21. The van der Waals surface area contributed by atoms with Crippen molar-refractivity contribution in [2.75, 3.05) is 18.5 Å². The van der Waals surface area contributed by atoms with Gasteiger partial charge in [-0.15, -0.1) is 0 Å². The minimum Gasteiger partial charge on any atom is -0.481 e. The first kappa shape index (κ1) is 31.6. The second kappa shape index (κ2) is 14.3. The molecule has 3 N–H and O–H groups in total. The van der Waals surface area contributed by atoms with Gasteiger partial charge in [-0.25, -0.2) is 0 Å². The van der Waals surface area contributed by atoms with E-state index in [-0.39, 0.29) is 18.7 Å². The lowest BCUT2D eigenvalue weighted by Crippen LogP contribution is -2.56. The monoisotopic (exact) mass is 618 g/mol. The zero-order valence-corrected chi connectivity index (χ0v) is 25.4. The predicted molar refractivity (Wildman–Crippen MR) is 172 cm³/mol. The van der Waals surface area contributed by atoms with E-state index < -0.39 is 41.8 Å². The average molecular weight is 619 g/mol. The molecule has 4 amide bonds. The summed E-state index contributed by atoms with van der Waals surface area (Å²) in [5, 5.41) is 8.00. The largest absolute Gasteiger partial charge is 0.481 e. The molecule has 46 heavy (non-hydrogen) atoms. The Hall–Kier alpha value is -5.77. The number of nitrogens with zero attached hydrogens (tertiary/aromatic N) is 1. The fourth-order valence-electron chi connectivity index (χ4n) is 5.23. The van der Waals surface area contributed by atoms with Gasteiger partial charge in [-0.1, -0.05) is 91.0 Å². The number of anilines is 1. The molecule has 5 rings (SSSR count). The number of hydrogen-bond acceptors (Lipinski definition) is 6. The van der Waals surface area contributed by atoms with Crippen LogP contribution in [0.15, 0.2) is 109 Å². The number of amides is 4. The number of nitrogens with one attached hydrogen (secondary N) is 3. The Morgan fingerprint density at radius 3 is 2.17 bits per heavy atom. The van der Waals surface area contributed by atoms with E-state index in [9.17, 15) is 24.0 Å². The molecule has 0 unspecified atom stereocenters. The average Bonchev–Trinajstić information content (AvgIpc) is 3.19. The summed E-state index contributed by atoms with van der Waals surface area (Å²) in [6.45, 7) is 1.22. The highest BCUT2D eigenvalue weighted by Gasteiger charge is 2.41. The molecule has 10 nitrogen and oxygen atoms in total. The summed E-state index contributed by atoms with van der Waals surface area (Å²) >= 11 is 0. The molecule has 0 bridgehead atoms. The van der Waals surface area contributed by atoms with E-state index in [1.54, 1.807) is 97.1 Å². The summed E-state index contributed by atoms with van der Waals surface area (Å²) in [7, 11) is 1.47. The van der Waals surface area contributed by atoms with Crippen molar-refractivity contribution in [3.8, 4) is 5.75 Å². The lowest BCUT2D eigenvalue weighted by Gasteiger charge is -2.28. The third kappa shape index (κ3) is 7.29. The molecular weight excluding hydrogens is 584 g/mol. The van der Waals surface area contributed by atoms with Crippen molar-refractivity contribution in [2.24, 2.45) is 0 Å². The van der Waals surface area contributed by atoms with Gasteiger partial charge in [0.15, 0.2) is 11.9 Å². The maximum absolute atomic E-state index is 14.1. The van der Waals surface area contributed by atoms with E-state index in [0.29, 0.717) is 33.7 Å². The van der Waals surface area contributed by atoms with E-state index in [1.807, 2.05) is 12.1 Å². The number of benzene rings is 4. The summed E-state index contributed by atoms with van der Waals surface area (Å²) in [6, 6.07) is 29.2. The first-order chi connectivity index (χ1) is 22.2. The number of fused-ring (bicyclic) bond motifs is 1. The van der Waals surface area contributed by atoms with E-state index in [4.69, 9.17) is 4.74 Å². The molecule has 3 atom stereocenters. The lowest BCUT2D eigenvalue weighted by molar-refractivity contribution is -0.132. The van der Waals surface area contributed by atoms with Crippen LogP contribution in [0, 0.1) is 0 Å². The molecule has 234 valence electrons. The van der Waals surface area contributed by atoms with E-state index >= 15 is 0 Å². The van der Waals surface area contributed by atoms with E-state index in [2.05, 4.69) is 16.0 Å². The highest BCUT2D eigenvalue weighted by molar-refractivity contribution is 6.09. The molecule has 1 aliphatic heterocycles. The quantitative estimate of drug-likeness (QED) is 0.234. The van der Waals surface area contributed by atoms with E-state index in [0.717, 1.165) is 0 Å². The number of carbonyl (C=O) groups is 5. The van der Waals surface area contributed by atoms with E-state index in [1.165, 1.54) is 18.9 Å². The molecule has 0 saturated carbocycles. The van der Waals surface area contributed by atoms with Crippen LogP contribution in [0.1, 0.15) is 40.1 Å². The molecule has 0 saturated heterocycles. The summed E-state index contributed by atoms with van der Waals surface area (Å²) < 4.78 is 6.35. The molecule has 1 heterocycles. The molecule has 4 aromatic rings. The van der Waals surface area contributed by atoms with Crippen molar-refractivity contribution in [1.29, 1.82) is 0 Å². The van der Waals surface area contributed by atoms with Crippen molar-refractivity contribution in [2.45, 2.75) is 31.5 Å². The standard InChI is InChI=1S/C36H34N4O6/c1-23(38-30(41)21-24-12-11-17-27(20-24)33(43)25-13-5-3-6-14-25)35(44)39-32-34(26-15-7-4-8-16-26)46-29-19-10-9-18-28(29)40(36(32)45)22-31(42)37-2/h3-20,23,32,34H,21-22H2,1-2H3,(H,37,42)(H,38,41)(H,39,44)/t23-,32-,34+/m0/s1. The van der Waals surface area contributed by atoms with Gasteiger partial charge in [0.2, 0.25) is 17.7 Å². The molecule has 0 fully saturated rings. The minimum atomic E-state index is -1.23. The summed E-state index contributed by atoms with van der Waals surface area (Å²) in [5.74, 6) is -1.79. The molecule has 10 heteroatoms. The van der Waals surface area contributed by atoms with Gasteiger partial charge in [0, 0.05) is 18.2 Å². The fourth-order valence-corrected chi connectivity index (χ4v) is 5.23. The Kier molecular flexibility index (Phi) is 9.87. The van der Waals surface area contributed by atoms with Crippen molar-refractivity contribution in [3.63, 3.8) is 0 Å². The first-order valence-corrected chi connectivity index (χ1v) is 14.9. The maximum Gasteiger partial charge on any atom is 0.254 e. The summed E-state index contributed by atoms with van der Waals surface area (Å²) in [5.41, 5.74) is 2.62. The van der Waals surface area contributed by atoms with Gasteiger partial charge in [0.1, 0.15) is 24.4 Å². The molecule has 1 aliphatic rings. The van der Waals surface area contributed by atoms with Crippen LogP contribution in [0.3, 0.4) is 0 Å². The number of para-hydroxylation sites is 2. The number of rotatable bonds is 10. The molecule has 0 spiro atoms. The van der Waals surface area contributed by atoms with Crippen molar-refractivity contribution >= 4 is 35.1 Å². The zero-order chi connectivity index (χ0) is 32.6. The van der Waals surface area contributed by atoms with Crippen molar-refractivity contribution < 1.29 is 28.7 Å². The second-order valence-corrected chi connectivity index (χ2v) is 10.9. The van der Waals surface area contributed by atoms with Crippen LogP contribution < -0.4 is 25.6 Å². The van der Waals surface area contributed by atoms with Gasteiger partial charge in [-0.2, -0.15) is 0 Å². The Bertz CT molecular complexity index is 1740. The molecule has 0 aromatic heterocycles. The lowest BCUT2D eigenvalue weighted by atomic mass is 10.00. The Morgan fingerprint density at radius 1 is 0.804 bits per heavy atom. The molecule has 4 aromatic carbocycles. The summed E-state index contributed by atoms with van der Waals surface area (Å²) in [4.78, 5) is 67.2. The molecule has 0 radical (unpaired) electrons. The molecular formula is C36H34N4O6. The smallest absolute Gasteiger partial charge is 0.254 e. The number of hydrogen-bond donors (Lipinski definition) is 3. The third-order valence-electron chi connectivity index (χ3n) is 7.61. The Labute approximate surface area is 266 Å². The van der Waals surface area contributed by atoms with Gasteiger partial charge in [0.05, 0.1) is 12.1 Å². The maximum atomic E-state index is 14.1. The normalized spacial score (nSPS) is 16.2. The van der Waals surface area contributed by atoms with Crippen LogP contribution in [0.2, 0.25) is 0 Å². The second-order valence-electron chi connectivity index (χ2n) is 10.9. The highest BCUT2D eigenvalue weighted by Crippen LogP contribution is 2.37. The number of carbonyl (C=O) groups excluding carboxylic acids is 5. The van der Waals surface area contributed by atoms with Gasteiger partial charge in [-0.05, 0) is 36.2 Å². The Balaban J connectivity index is 1.33. The number of likely N-dealkylation sites (N-methyl/N-ethyl adjacent to an activating group) is 1. The van der Waals surface area contributed by atoms with Gasteiger partial charge < -0.3 is 20.7 Å². The molecule has 0 aliphatic carbocycles. The van der Waals surface area contributed by atoms with Crippen LogP contribution in [-0.4, -0.2) is 55.1 Å². The van der Waals surface area contributed by atoms with Crippen LogP contribution in [0.25, 0.3) is 0 Å². The fraction of sp³-hybridized carbons (Fsp3) is 0.194. The number of ketones is 1. The summed E-state index contributed by atoms with van der Waals surface area (Å²) in [6.07, 6.45) is -0.998. The van der Waals surface area contributed by atoms with Gasteiger partial charge in [0.25, 0.3) is 5.91 Å². The minimum absolute atomic E-state index is 0.0686. The topological polar surface area (TPSA) is 134 Å². The van der Waals surface area contributed by atoms with Crippen molar-refractivity contribution in [1.82, 2.24) is 16.0 Å². The first-order valence-electron chi connectivity index (χ1n) is 14.9. The van der Waals surface area contributed by atoms with Gasteiger partial charge in [-0.3, -0.25) is 28.9 Å².